The Hall–Kier alpha value is -3.38. The summed E-state index contributed by atoms with van der Waals surface area (Å²) in [5.74, 6) is 0.191. The Morgan fingerprint density at radius 2 is 1.70 bits per heavy atom. The van der Waals surface area contributed by atoms with E-state index in [-0.39, 0.29) is 0 Å². The zero-order valence-electron chi connectivity index (χ0n) is 16.9. The number of rotatable bonds is 6. The molecule has 2 heterocycles. The molecular formula is C24H22N4OS. The summed E-state index contributed by atoms with van der Waals surface area (Å²) in [5, 5.41) is 1.74. The molecule has 0 spiro atoms. The van der Waals surface area contributed by atoms with Gasteiger partial charge in [-0.25, -0.2) is 4.98 Å². The van der Waals surface area contributed by atoms with Crippen molar-refractivity contribution in [1.82, 2.24) is 9.97 Å². The third-order valence-corrected chi connectivity index (χ3v) is 6.00. The molecule has 0 saturated heterocycles. The molecule has 1 amide bonds. The van der Waals surface area contributed by atoms with Gasteiger partial charge in [-0.2, -0.15) is 0 Å². The van der Waals surface area contributed by atoms with Crippen molar-refractivity contribution in [2.75, 3.05) is 19.0 Å². The number of benzene rings is 2. The second-order valence-electron chi connectivity index (χ2n) is 7.12. The summed E-state index contributed by atoms with van der Waals surface area (Å²) in [4.78, 5) is 23.3. The van der Waals surface area contributed by atoms with Gasteiger partial charge in [0.05, 0.1) is 11.1 Å². The summed E-state index contributed by atoms with van der Waals surface area (Å²) in [6, 6.07) is 19.9. The highest BCUT2D eigenvalue weighted by Crippen LogP contribution is 2.33. The molecule has 6 heteroatoms. The number of carbonyl (C=O) groups excluding carboxylic acids is 1. The van der Waals surface area contributed by atoms with E-state index < -0.39 is 5.91 Å². The molecule has 0 aliphatic heterocycles. The number of nitrogens with zero attached hydrogens (tertiary/aromatic N) is 3. The van der Waals surface area contributed by atoms with E-state index in [1.54, 1.807) is 6.20 Å². The predicted octanol–water partition coefficient (Wildman–Crippen LogP) is 4.75. The number of amides is 1. The van der Waals surface area contributed by atoms with Crippen molar-refractivity contribution in [3.63, 3.8) is 0 Å². The smallest absolute Gasteiger partial charge is 0.252 e. The lowest BCUT2D eigenvalue weighted by molar-refractivity contribution is 0.0997. The molecule has 0 bridgehead atoms. The van der Waals surface area contributed by atoms with E-state index in [9.17, 15) is 4.79 Å². The number of anilines is 1. The lowest BCUT2D eigenvalue weighted by Crippen LogP contribution is -2.15. The van der Waals surface area contributed by atoms with Crippen LogP contribution in [0.4, 0.5) is 5.69 Å². The van der Waals surface area contributed by atoms with E-state index in [0.29, 0.717) is 16.3 Å². The van der Waals surface area contributed by atoms with Crippen molar-refractivity contribution in [1.29, 1.82) is 0 Å². The molecule has 2 aromatic heterocycles. The molecule has 0 fully saturated rings. The highest BCUT2D eigenvalue weighted by Gasteiger charge is 2.17. The topological polar surface area (TPSA) is 72.1 Å². The van der Waals surface area contributed by atoms with Gasteiger partial charge in [0.2, 0.25) is 0 Å². The van der Waals surface area contributed by atoms with Gasteiger partial charge in [-0.3, -0.25) is 9.78 Å². The van der Waals surface area contributed by atoms with Gasteiger partial charge in [-0.15, -0.1) is 11.8 Å². The van der Waals surface area contributed by atoms with Crippen LogP contribution in [0, 0.1) is 0 Å². The molecule has 0 aliphatic rings. The van der Waals surface area contributed by atoms with Gasteiger partial charge in [0.1, 0.15) is 5.03 Å². The summed E-state index contributed by atoms with van der Waals surface area (Å²) >= 11 is 1.51. The monoisotopic (exact) mass is 414 g/mol. The van der Waals surface area contributed by atoms with Crippen LogP contribution in [0.15, 0.2) is 78.1 Å². The molecule has 0 saturated carbocycles. The fraction of sp³-hybridized carbons (Fsp3) is 0.125. The van der Waals surface area contributed by atoms with E-state index in [1.807, 2.05) is 79.8 Å². The summed E-state index contributed by atoms with van der Waals surface area (Å²) in [6.07, 6.45) is 3.54. The number of carbonyl (C=O) groups is 1. The van der Waals surface area contributed by atoms with Crippen molar-refractivity contribution >= 4 is 34.3 Å². The van der Waals surface area contributed by atoms with Crippen molar-refractivity contribution < 1.29 is 4.79 Å². The molecule has 150 valence electrons. The standard InChI is InChI=1S/C24H22N4OS/c1-28(2)18-9-7-16(8-10-18)20-12-14-27-24(22(20)23(25)29)30-15-17-11-13-26-21-6-4-3-5-19(17)21/h3-14H,15H2,1-2H3,(H2,25,29). The van der Waals surface area contributed by atoms with Crippen LogP contribution in [0.2, 0.25) is 0 Å². The van der Waals surface area contributed by atoms with Gasteiger partial charge < -0.3 is 10.6 Å². The molecule has 0 atom stereocenters. The first kappa shape index (κ1) is 19.9. The number of primary amides is 1. The number of pyridine rings is 2. The van der Waals surface area contributed by atoms with Crippen molar-refractivity contribution in [3.05, 3.63) is 84.2 Å². The van der Waals surface area contributed by atoms with Crippen molar-refractivity contribution in [2.24, 2.45) is 5.73 Å². The maximum absolute atomic E-state index is 12.4. The third-order valence-electron chi connectivity index (χ3n) is 4.96. The van der Waals surface area contributed by atoms with Gasteiger partial charge in [0.25, 0.3) is 5.91 Å². The molecule has 30 heavy (non-hydrogen) atoms. The zero-order valence-corrected chi connectivity index (χ0v) is 17.7. The highest BCUT2D eigenvalue weighted by atomic mass is 32.2. The first-order chi connectivity index (χ1) is 14.5. The van der Waals surface area contributed by atoms with Crippen LogP contribution >= 0.6 is 11.8 Å². The second kappa shape index (κ2) is 8.55. The quantitative estimate of drug-likeness (QED) is 0.461. The number of fused-ring (bicyclic) bond motifs is 1. The van der Waals surface area contributed by atoms with E-state index in [2.05, 4.69) is 16.0 Å². The Morgan fingerprint density at radius 1 is 0.967 bits per heavy atom. The maximum Gasteiger partial charge on any atom is 0.252 e. The minimum Gasteiger partial charge on any atom is -0.378 e. The molecule has 4 aromatic rings. The predicted molar refractivity (Wildman–Crippen MR) is 124 cm³/mol. The lowest BCUT2D eigenvalue weighted by atomic mass is 10.0. The Kier molecular flexibility index (Phi) is 5.68. The van der Waals surface area contributed by atoms with Crippen LogP contribution in [-0.4, -0.2) is 30.0 Å². The Morgan fingerprint density at radius 3 is 2.43 bits per heavy atom. The maximum atomic E-state index is 12.4. The van der Waals surface area contributed by atoms with E-state index in [0.717, 1.165) is 33.3 Å². The lowest BCUT2D eigenvalue weighted by Gasteiger charge is -2.15. The average molecular weight is 415 g/mol. The van der Waals surface area contributed by atoms with Crippen LogP contribution < -0.4 is 10.6 Å². The van der Waals surface area contributed by atoms with Gasteiger partial charge in [-0.05, 0) is 47.0 Å². The van der Waals surface area contributed by atoms with Crippen molar-refractivity contribution in [3.8, 4) is 11.1 Å². The number of para-hydroxylation sites is 1. The van der Waals surface area contributed by atoms with Crippen LogP contribution in [0.25, 0.3) is 22.0 Å². The summed E-state index contributed by atoms with van der Waals surface area (Å²) in [7, 11) is 3.99. The molecule has 2 aromatic carbocycles. The minimum absolute atomic E-state index is 0.457. The van der Waals surface area contributed by atoms with Gasteiger partial charge >= 0.3 is 0 Å². The fourth-order valence-electron chi connectivity index (χ4n) is 3.40. The first-order valence-corrected chi connectivity index (χ1v) is 10.5. The molecule has 4 rings (SSSR count). The SMILES string of the molecule is CN(C)c1ccc(-c2ccnc(SCc3ccnc4ccccc34)c2C(N)=O)cc1. The Labute approximate surface area is 180 Å². The van der Waals surface area contributed by atoms with Crippen LogP contribution in [0.3, 0.4) is 0 Å². The van der Waals surface area contributed by atoms with Crippen LogP contribution in [0.1, 0.15) is 15.9 Å². The highest BCUT2D eigenvalue weighted by molar-refractivity contribution is 7.98. The fourth-order valence-corrected chi connectivity index (χ4v) is 4.43. The second-order valence-corrected chi connectivity index (χ2v) is 8.08. The Bertz CT molecular complexity index is 1200. The molecule has 0 aliphatic carbocycles. The molecule has 0 radical (unpaired) electrons. The average Bonchev–Trinajstić information content (AvgIpc) is 2.77. The normalized spacial score (nSPS) is 10.9. The van der Waals surface area contributed by atoms with Crippen molar-refractivity contribution in [2.45, 2.75) is 10.8 Å². The number of hydrogen-bond donors (Lipinski definition) is 1. The van der Waals surface area contributed by atoms with Gasteiger partial charge in [0.15, 0.2) is 0 Å². The summed E-state index contributed by atoms with van der Waals surface area (Å²) in [6.45, 7) is 0. The largest absolute Gasteiger partial charge is 0.378 e. The van der Waals surface area contributed by atoms with E-state index >= 15 is 0 Å². The van der Waals surface area contributed by atoms with Gasteiger partial charge in [-0.1, -0.05) is 30.3 Å². The molecule has 5 nitrogen and oxygen atoms in total. The van der Waals surface area contributed by atoms with Crippen LogP contribution in [0.5, 0.6) is 0 Å². The van der Waals surface area contributed by atoms with Gasteiger partial charge in [0, 0.05) is 43.3 Å². The molecular weight excluding hydrogens is 392 g/mol. The molecule has 0 unspecified atom stereocenters. The number of hydrogen-bond acceptors (Lipinski definition) is 5. The summed E-state index contributed by atoms with van der Waals surface area (Å²) < 4.78 is 0. The zero-order chi connectivity index (χ0) is 21.1. The Balaban J connectivity index is 1.68. The first-order valence-electron chi connectivity index (χ1n) is 9.56. The minimum atomic E-state index is -0.475. The van der Waals surface area contributed by atoms with E-state index in [4.69, 9.17) is 5.73 Å². The van der Waals surface area contributed by atoms with Crippen LogP contribution in [-0.2, 0) is 5.75 Å². The van der Waals surface area contributed by atoms with E-state index in [1.165, 1.54) is 11.8 Å². The number of aromatic nitrogens is 2. The number of nitrogens with two attached hydrogens (primary N) is 1. The summed E-state index contributed by atoms with van der Waals surface area (Å²) in [5.41, 5.74) is 11.2. The number of thioether (sulfide) groups is 1. The molecule has 2 N–H and O–H groups in total. The third kappa shape index (κ3) is 4.00.